The lowest BCUT2D eigenvalue weighted by Crippen LogP contribution is -2.20. The van der Waals surface area contributed by atoms with Crippen LogP contribution in [0, 0.1) is 11.7 Å². The number of ketones is 1. The molecule has 126 valence electrons. The first-order valence-corrected chi connectivity index (χ1v) is 8.78. The molecule has 3 aromatic heterocycles. The molecule has 0 saturated carbocycles. The fraction of sp³-hybridized carbons (Fsp3) is 0.190. The van der Waals surface area contributed by atoms with E-state index < -0.39 is 0 Å². The number of aromatic nitrogens is 3. The van der Waals surface area contributed by atoms with Gasteiger partial charge in [0, 0.05) is 33.5 Å². The highest BCUT2D eigenvalue weighted by atomic mass is 19.1. The average molecular weight is 343 g/mol. The van der Waals surface area contributed by atoms with Gasteiger partial charge in [-0.1, -0.05) is 6.92 Å². The largest absolute Gasteiger partial charge is 0.294 e. The first-order chi connectivity index (χ1) is 12.6. The van der Waals surface area contributed by atoms with Crippen molar-refractivity contribution in [2.75, 3.05) is 0 Å². The van der Waals surface area contributed by atoms with Crippen molar-refractivity contribution < 1.29 is 9.18 Å². The lowest BCUT2D eigenvalue weighted by Gasteiger charge is -2.23. The lowest BCUT2D eigenvalue weighted by molar-refractivity contribution is 0.0954. The van der Waals surface area contributed by atoms with Crippen molar-refractivity contribution in [3.05, 3.63) is 53.6 Å². The summed E-state index contributed by atoms with van der Waals surface area (Å²) in [4.78, 5) is 17.8. The van der Waals surface area contributed by atoms with Crippen molar-refractivity contribution in [2.24, 2.45) is 5.92 Å². The third kappa shape index (κ3) is 1.60. The molecular formula is C21H14FN3O. The molecule has 4 nitrogen and oxygen atoms in total. The summed E-state index contributed by atoms with van der Waals surface area (Å²) in [5.74, 6) is 0.0576. The third-order valence-corrected chi connectivity index (χ3v) is 5.57. The van der Waals surface area contributed by atoms with Gasteiger partial charge in [0.2, 0.25) is 0 Å². The van der Waals surface area contributed by atoms with Crippen molar-refractivity contribution >= 4 is 43.9 Å². The predicted molar refractivity (Wildman–Crippen MR) is 98.5 cm³/mol. The maximum absolute atomic E-state index is 14.1. The van der Waals surface area contributed by atoms with E-state index in [4.69, 9.17) is 4.98 Å². The summed E-state index contributed by atoms with van der Waals surface area (Å²) in [6, 6.07) is 8.67. The van der Waals surface area contributed by atoms with Gasteiger partial charge in [-0.2, -0.15) is 5.10 Å². The number of nitrogens with zero attached hydrogens (tertiary/aromatic N) is 3. The second kappa shape index (κ2) is 4.55. The van der Waals surface area contributed by atoms with Crippen LogP contribution in [0.25, 0.3) is 38.1 Å². The van der Waals surface area contributed by atoms with E-state index in [1.165, 1.54) is 12.1 Å². The Kier molecular flexibility index (Phi) is 2.47. The van der Waals surface area contributed by atoms with Gasteiger partial charge < -0.3 is 0 Å². The van der Waals surface area contributed by atoms with Gasteiger partial charge >= 0.3 is 0 Å². The number of benzene rings is 2. The van der Waals surface area contributed by atoms with E-state index in [1.54, 1.807) is 12.3 Å². The van der Waals surface area contributed by atoms with Crippen LogP contribution in [0.15, 0.2) is 36.5 Å². The highest BCUT2D eigenvalue weighted by Gasteiger charge is 2.29. The van der Waals surface area contributed by atoms with Crippen LogP contribution in [-0.2, 0) is 6.42 Å². The molecule has 0 fully saturated rings. The highest BCUT2D eigenvalue weighted by Crippen LogP contribution is 2.40. The summed E-state index contributed by atoms with van der Waals surface area (Å²) in [7, 11) is 0. The Morgan fingerprint density at radius 1 is 1.15 bits per heavy atom. The molecule has 0 saturated heterocycles. The van der Waals surface area contributed by atoms with Crippen LogP contribution < -0.4 is 0 Å². The Morgan fingerprint density at radius 2 is 2.04 bits per heavy atom. The molecule has 0 aliphatic heterocycles. The molecule has 0 N–H and O–H groups in total. The Labute approximate surface area is 147 Å². The van der Waals surface area contributed by atoms with Crippen LogP contribution in [0.1, 0.15) is 29.4 Å². The Hall–Kier alpha value is -3.08. The van der Waals surface area contributed by atoms with E-state index in [0.717, 1.165) is 50.2 Å². The van der Waals surface area contributed by atoms with E-state index in [2.05, 4.69) is 12.0 Å². The minimum absolute atomic E-state index is 0.100. The molecule has 1 atom stereocenters. The lowest BCUT2D eigenvalue weighted by atomic mass is 9.83. The Bertz CT molecular complexity index is 1380. The molecule has 0 spiro atoms. The van der Waals surface area contributed by atoms with E-state index >= 15 is 0 Å². The molecule has 1 aliphatic carbocycles. The van der Waals surface area contributed by atoms with Crippen molar-refractivity contribution in [3.63, 3.8) is 0 Å². The smallest absolute Gasteiger partial charge is 0.165 e. The van der Waals surface area contributed by atoms with Crippen LogP contribution in [0.2, 0.25) is 0 Å². The molecule has 6 rings (SSSR count). The molecule has 0 radical (unpaired) electrons. The molecular weight excluding hydrogens is 329 g/mol. The average Bonchev–Trinajstić information content (AvgIpc) is 3.04. The van der Waals surface area contributed by atoms with E-state index in [1.807, 2.05) is 16.6 Å². The number of carbonyl (C=O) groups is 1. The van der Waals surface area contributed by atoms with Gasteiger partial charge in [0.1, 0.15) is 5.82 Å². The van der Waals surface area contributed by atoms with Gasteiger partial charge in [-0.15, -0.1) is 0 Å². The molecule has 5 heteroatoms. The molecule has 1 aliphatic rings. The summed E-state index contributed by atoms with van der Waals surface area (Å²) in [6.07, 6.45) is 3.08. The minimum atomic E-state index is -0.318. The first-order valence-electron chi connectivity index (χ1n) is 8.78. The van der Waals surface area contributed by atoms with Crippen molar-refractivity contribution in [1.29, 1.82) is 0 Å². The van der Waals surface area contributed by atoms with Crippen molar-refractivity contribution in [1.82, 2.24) is 14.6 Å². The van der Waals surface area contributed by atoms with Gasteiger partial charge in [0.15, 0.2) is 5.78 Å². The van der Waals surface area contributed by atoms with Crippen molar-refractivity contribution in [3.8, 4) is 0 Å². The number of hydrogen-bond donors (Lipinski definition) is 0. The maximum atomic E-state index is 14.1. The minimum Gasteiger partial charge on any atom is -0.294 e. The van der Waals surface area contributed by atoms with E-state index in [-0.39, 0.29) is 17.5 Å². The van der Waals surface area contributed by atoms with Crippen LogP contribution in [0.3, 0.4) is 0 Å². The zero-order chi connectivity index (χ0) is 17.6. The topological polar surface area (TPSA) is 47.3 Å². The number of hydrogen-bond acceptors (Lipinski definition) is 3. The number of fused-ring (bicyclic) bond motifs is 5. The quantitative estimate of drug-likeness (QED) is 0.306. The van der Waals surface area contributed by atoms with Crippen LogP contribution in [0.5, 0.6) is 0 Å². The van der Waals surface area contributed by atoms with Gasteiger partial charge in [0.05, 0.1) is 28.4 Å². The second-order valence-electron chi connectivity index (χ2n) is 7.36. The summed E-state index contributed by atoms with van der Waals surface area (Å²) in [6.45, 7) is 2.07. The fourth-order valence-corrected chi connectivity index (χ4v) is 4.53. The summed E-state index contributed by atoms with van der Waals surface area (Å²) in [5.41, 5.74) is 4.09. The molecule has 0 amide bonds. The third-order valence-electron chi connectivity index (χ3n) is 5.57. The number of carbonyl (C=O) groups excluding carboxylic acids is 1. The normalized spacial score (nSPS) is 17.8. The van der Waals surface area contributed by atoms with Crippen LogP contribution >= 0.6 is 0 Å². The van der Waals surface area contributed by atoms with Gasteiger partial charge in [-0.3, -0.25) is 9.78 Å². The highest BCUT2D eigenvalue weighted by molar-refractivity contribution is 6.28. The molecule has 3 heterocycles. The van der Waals surface area contributed by atoms with Gasteiger partial charge in [-0.25, -0.2) is 8.91 Å². The van der Waals surface area contributed by atoms with Crippen molar-refractivity contribution in [2.45, 2.75) is 19.8 Å². The summed E-state index contributed by atoms with van der Waals surface area (Å²) < 4.78 is 16.0. The zero-order valence-corrected chi connectivity index (χ0v) is 14.1. The first kappa shape index (κ1) is 14.1. The van der Waals surface area contributed by atoms with Gasteiger partial charge in [-0.05, 0) is 42.7 Å². The predicted octanol–water partition coefficient (Wildman–Crippen LogP) is 4.53. The summed E-state index contributed by atoms with van der Waals surface area (Å²) in [5, 5.41) is 7.95. The number of halogens is 1. The number of rotatable bonds is 0. The Balaban J connectivity index is 2.00. The molecule has 2 aromatic carbocycles. The van der Waals surface area contributed by atoms with E-state index in [9.17, 15) is 9.18 Å². The fourth-order valence-electron chi connectivity index (χ4n) is 4.53. The standard InChI is InChI=1S/C21H14FN3O/c1-10-6-15-19(17(26)7-10)18-13-8-12(22)3-5-16(13)25-21-11(9-23-25)2-4-14(24-15)20(18)21/h2-5,8-10H,6-7H2,1H3. The number of pyridine rings is 2. The van der Waals surface area contributed by atoms with Gasteiger partial charge in [0.25, 0.3) is 0 Å². The second-order valence-corrected chi connectivity index (χ2v) is 7.36. The Morgan fingerprint density at radius 3 is 2.92 bits per heavy atom. The maximum Gasteiger partial charge on any atom is 0.165 e. The molecule has 26 heavy (non-hydrogen) atoms. The van der Waals surface area contributed by atoms with Crippen LogP contribution in [0.4, 0.5) is 4.39 Å². The monoisotopic (exact) mass is 343 g/mol. The molecule has 5 aromatic rings. The molecule has 1 unspecified atom stereocenters. The zero-order valence-electron chi connectivity index (χ0n) is 14.1. The molecule has 0 bridgehead atoms. The SMILES string of the molecule is CC1CC(=O)c2c(nc3ccc4cnn5c6ccc(F)cc6c2c3c45)C1. The van der Waals surface area contributed by atoms with Crippen LogP contribution in [-0.4, -0.2) is 20.4 Å². The number of Topliss-reactive ketones (excluding diaryl/α,β-unsaturated/α-hetero) is 1. The van der Waals surface area contributed by atoms with E-state index in [0.29, 0.717) is 12.0 Å². The summed E-state index contributed by atoms with van der Waals surface area (Å²) >= 11 is 0.